The molecule has 0 spiro atoms. The van der Waals surface area contributed by atoms with Crippen LogP contribution in [0.15, 0.2) is 12.1 Å². The van der Waals surface area contributed by atoms with Crippen LogP contribution in [0.4, 0.5) is 0 Å². The van der Waals surface area contributed by atoms with Gasteiger partial charge in [-0.2, -0.15) is 0 Å². The molecule has 4 nitrogen and oxygen atoms in total. The van der Waals surface area contributed by atoms with Crippen molar-refractivity contribution < 1.29 is 14.6 Å². The number of hydrogen-bond donors (Lipinski definition) is 1. The van der Waals surface area contributed by atoms with E-state index in [1.807, 2.05) is 7.05 Å². The molecule has 1 N–H and O–H groups in total. The van der Waals surface area contributed by atoms with Crippen LogP contribution in [0.2, 0.25) is 5.02 Å². The Morgan fingerprint density at radius 2 is 2.33 bits per heavy atom. The van der Waals surface area contributed by atoms with Gasteiger partial charge in [0, 0.05) is 35.8 Å². The van der Waals surface area contributed by atoms with E-state index in [9.17, 15) is 5.11 Å². The van der Waals surface area contributed by atoms with Crippen molar-refractivity contribution in [1.29, 1.82) is 0 Å². The van der Waals surface area contributed by atoms with Crippen LogP contribution in [0, 0.1) is 0 Å². The molecule has 0 aromatic heterocycles. The molecule has 2 rings (SSSR count). The second kappa shape index (κ2) is 5.78. The summed E-state index contributed by atoms with van der Waals surface area (Å²) >= 11 is 6.01. The first-order valence-corrected chi connectivity index (χ1v) is 6.33. The Hall–Kier alpha value is -0.970. The lowest BCUT2D eigenvalue weighted by Crippen LogP contribution is -2.31. The van der Waals surface area contributed by atoms with Crippen LogP contribution in [-0.4, -0.2) is 43.4 Å². The van der Waals surface area contributed by atoms with Gasteiger partial charge in [0.15, 0.2) is 11.5 Å². The molecule has 0 bridgehead atoms. The predicted octanol–water partition coefficient (Wildman–Crippen LogP) is 2.27. The maximum Gasteiger partial charge on any atom is 0.162 e. The summed E-state index contributed by atoms with van der Waals surface area (Å²) in [7, 11) is 3.54. The van der Waals surface area contributed by atoms with Crippen molar-refractivity contribution in [2.45, 2.75) is 19.0 Å². The monoisotopic (exact) mass is 271 g/mol. The van der Waals surface area contributed by atoms with E-state index in [-0.39, 0.29) is 5.75 Å². The van der Waals surface area contributed by atoms with E-state index in [1.54, 1.807) is 12.1 Å². The van der Waals surface area contributed by atoms with Crippen molar-refractivity contribution in [2.75, 3.05) is 27.4 Å². The van der Waals surface area contributed by atoms with Crippen molar-refractivity contribution in [2.24, 2.45) is 0 Å². The first-order chi connectivity index (χ1) is 8.61. The molecule has 0 saturated carbocycles. The van der Waals surface area contributed by atoms with Gasteiger partial charge in [0.1, 0.15) is 0 Å². The smallest absolute Gasteiger partial charge is 0.162 e. The predicted molar refractivity (Wildman–Crippen MR) is 70.4 cm³/mol. The van der Waals surface area contributed by atoms with E-state index in [1.165, 1.54) is 7.11 Å². The number of hydrogen-bond acceptors (Lipinski definition) is 4. The SMILES string of the molecule is COc1cc(Cl)cc(CN(C)C2CCOC2)c1O. The maximum absolute atomic E-state index is 10.1. The van der Waals surface area contributed by atoms with Crippen LogP contribution in [0.1, 0.15) is 12.0 Å². The average Bonchev–Trinajstić information content (AvgIpc) is 2.87. The van der Waals surface area contributed by atoms with Crippen molar-refractivity contribution in [1.82, 2.24) is 4.90 Å². The van der Waals surface area contributed by atoms with Gasteiger partial charge in [0.05, 0.1) is 13.7 Å². The van der Waals surface area contributed by atoms with Gasteiger partial charge in [0.2, 0.25) is 0 Å². The largest absolute Gasteiger partial charge is 0.504 e. The van der Waals surface area contributed by atoms with E-state index in [4.69, 9.17) is 21.1 Å². The van der Waals surface area contributed by atoms with Crippen molar-refractivity contribution in [3.05, 3.63) is 22.7 Å². The molecule has 1 atom stereocenters. The van der Waals surface area contributed by atoms with Crippen molar-refractivity contribution in [3.8, 4) is 11.5 Å². The summed E-state index contributed by atoms with van der Waals surface area (Å²) in [5.74, 6) is 0.571. The summed E-state index contributed by atoms with van der Waals surface area (Å²) in [5, 5.41) is 10.6. The number of phenolic OH excluding ortho intramolecular Hbond substituents is 1. The zero-order valence-electron chi connectivity index (χ0n) is 10.6. The van der Waals surface area contributed by atoms with Gasteiger partial charge >= 0.3 is 0 Å². The van der Waals surface area contributed by atoms with Gasteiger partial charge in [-0.1, -0.05) is 11.6 Å². The summed E-state index contributed by atoms with van der Waals surface area (Å²) < 4.78 is 10.5. The van der Waals surface area contributed by atoms with E-state index in [0.717, 1.165) is 25.2 Å². The molecule has 0 amide bonds. The van der Waals surface area contributed by atoms with Gasteiger partial charge in [0.25, 0.3) is 0 Å². The Labute approximate surface area is 112 Å². The summed E-state index contributed by atoms with van der Waals surface area (Å²) in [6.45, 7) is 2.17. The fourth-order valence-electron chi connectivity index (χ4n) is 2.17. The molecular formula is C13H18ClNO3. The van der Waals surface area contributed by atoms with Gasteiger partial charge in [-0.05, 0) is 19.5 Å². The normalized spacial score (nSPS) is 19.4. The summed E-state index contributed by atoms with van der Waals surface area (Å²) in [5.41, 5.74) is 0.772. The van der Waals surface area contributed by atoms with Crippen molar-refractivity contribution >= 4 is 11.6 Å². The second-order valence-corrected chi connectivity index (χ2v) is 4.98. The molecule has 1 unspecified atom stereocenters. The fraction of sp³-hybridized carbons (Fsp3) is 0.538. The Kier molecular flexibility index (Phi) is 4.32. The van der Waals surface area contributed by atoms with Gasteiger partial charge < -0.3 is 14.6 Å². The Morgan fingerprint density at radius 1 is 1.56 bits per heavy atom. The topological polar surface area (TPSA) is 41.9 Å². The molecule has 18 heavy (non-hydrogen) atoms. The minimum Gasteiger partial charge on any atom is -0.504 e. The molecule has 100 valence electrons. The lowest BCUT2D eigenvalue weighted by atomic mass is 10.1. The molecule has 1 aromatic carbocycles. The highest BCUT2D eigenvalue weighted by Gasteiger charge is 2.21. The highest BCUT2D eigenvalue weighted by atomic mass is 35.5. The van der Waals surface area contributed by atoms with Crippen LogP contribution in [0.3, 0.4) is 0 Å². The number of aromatic hydroxyl groups is 1. The van der Waals surface area contributed by atoms with E-state index < -0.39 is 0 Å². The minimum atomic E-state index is 0.160. The van der Waals surface area contributed by atoms with E-state index >= 15 is 0 Å². The standard InChI is InChI=1S/C13H18ClNO3/c1-15(11-3-4-18-8-11)7-9-5-10(14)6-12(17-2)13(9)16/h5-6,11,16H,3-4,7-8H2,1-2H3. The van der Waals surface area contributed by atoms with Gasteiger partial charge in [-0.15, -0.1) is 0 Å². The number of phenols is 1. The van der Waals surface area contributed by atoms with Crippen LogP contribution >= 0.6 is 11.6 Å². The highest BCUT2D eigenvalue weighted by molar-refractivity contribution is 6.30. The van der Waals surface area contributed by atoms with Gasteiger partial charge in [-0.3, -0.25) is 4.90 Å². The first-order valence-electron chi connectivity index (χ1n) is 5.95. The molecule has 1 aromatic rings. The average molecular weight is 272 g/mol. The molecule has 1 aliphatic heterocycles. The van der Waals surface area contributed by atoms with Crippen LogP contribution in [0.5, 0.6) is 11.5 Å². The molecule has 0 radical (unpaired) electrons. The third kappa shape index (κ3) is 2.88. The zero-order valence-corrected chi connectivity index (χ0v) is 11.4. The molecule has 0 aliphatic carbocycles. The lowest BCUT2D eigenvalue weighted by molar-refractivity contribution is 0.156. The van der Waals surface area contributed by atoms with Crippen LogP contribution in [-0.2, 0) is 11.3 Å². The van der Waals surface area contributed by atoms with Crippen molar-refractivity contribution in [3.63, 3.8) is 0 Å². The third-order valence-electron chi connectivity index (χ3n) is 3.29. The Morgan fingerprint density at radius 3 is 2.94 bits per heavy atom. The fourth-order valence-corrected chi connectivity index (χ4v) is 2.40. The number of ether oxygens (including phenoxy) is 2. The number of nitrogens with zero attached hydrogens (tertiary/aromatic N) is 1. The van der Waals surface area contributed by atoms with E-state index in [2.05, 4.69) is 4.90 Å². The molecule has 1 saturated heterocycles. The summed E-state index contributed by atoms with van der Waals surface area (Å²) in [6.07, 6.45) is 1.02. The second-order valence-electron chi connectivity index (χ2n) is 4.55. The quantitative estimate of drug-likeness (QED) is 0.912. The number of halogens is 1. The number of rotatable bonds is 4. The summed E-state index contributed by atoms with van der Waals surface area (Å²) in [6, 6.07) is 3.78. The molecule has 1 aliphatic rings. The van der Waals surface area contributed by atoms with E-state index in [0.29, 0.717) is 23.4 Å². The molecule has 5 heteroatoms. The summed E-state index contributed by atoms with van der Waals surface area (Å²) in [4.78, 5) is 2.16. The molecular weight excluding hydrogens is 254 g/mol. The first kappa shape index (κ1) is 13.5. The molecule has 1 heterocycles. The maximum atomic E-state index is 10.1. The van der Waals surface area contributed by atoms with Crippen LogP contribution < -0.4 is 4.74 Å². The number of benzene rings is 1. The Bertz CT molecular complexity index is 419. The minimum absolute atomic E-state index is 0.160. The zero-order chi connectivity index (χ0) is 13.1. The lowest BCUT2D eigenvalue weighted by Gasteiger charge is -2.23. The highest BCUT2D eigenvalue weighted by Crippen LogP contribution is 2.34. The van der Waals surface area contributed by atoms with Gasteiger partial charge in [-0.25, -0.2) is 0 Å². The van der Waals surface area contributed by atoms with Crippen LogP contribution in [0.25, 0.3) is 0 Å². The number of likely N-dealkylation sites (N-methyl/N-ethyl adjacent to an activating group) is 1. The molecule has 1 fully saturated rings. The number of methoxy groups -OCH3 is 1. The Balaban J connectivity index is 2.14. The third-order valence-corrected chi connectivity index (χ3v) is 3.51.